The smallest absolute Gasteiger partial charge is 0.153 e. The van der Waals surface area contributed by atoms with Gasteiger partial charge in [-0.15, -0.1) is 0 Å². The van der Waals surface area contributed by atoms with Gasteiger partial charge in [-0.2, -0.15) is 0 Å². The van der Waals surface area contributed by atoms with Crippen LogP contribution in [0.15, 0.2) is 5.16 Å². The van der Waals surface area contributed by atoms with Gasteiger partial charge in [0.2, 0.25) is 0 Å². The molecule has 0 aromatic rings. The topological polar surface area (TPSA) is 70.6 Å². The molecule has 1 atom stereocenters. The molecule has 1 rings (SSSR count). The molecule has 4 N–H and O–H groups in total. The third-order valence-corrected chi connectivity index (χ3v) is 2.54. The molecular formula is C8H17N3O. The summed E-state index contributed by atoms with van der Waals surface area (Å²) in [5, 5.41) is 14.3. The number of hydrogen-bond donors (Lipinski definition) is 3. The number of nitrogens with one attached hydrogen (secondary N) is 1. The number of nitrogens with two attached hydrogens (primary N) is 1. The summed E-state index contributed by atoms with van der Waals surface area (Å²) < 4.78 is 0. The molecule has 0 heterocycles. The minimum absolute atomic E-state index is 0.244. The van der Waals surface area contributed by atoms with E-state index in [0.29, 0.717) is 12.0 Å². The Labute approximate surface area is 72.8 Å². The molecule has 4 heteroatoms. The van der Waals surface area contributed by atoms with Crippen molar-refractivity contribution in [2.24, 2.45) is 22.2 Å². The van der Waals surface area contributed by atoms with Crippen LogP contribution in [0.5, 0.6) is 0 Å². The minimum atomic E-state index is 0.244. The second-order valence-corrected chi connectivity index (χ2v) is 4.11. The molecule has 0 aromatic carbocycles. The predicted molar refractivity (Wildman–Crippen MR) is 48.2 cm³/mol. The fraction of sp³-hybridized carbons (Fsp3) is 0.875. The first-order chi connectivity index (χ1) is 5.56. The van der Waals surface area contributed by atoms with Gasteiger partial charge in [-0.3, -0.25) is 0 Å². The van der Waals surface area contributed by atoms with E-state index in [2.05, 4.69) is 24.3 Å². The molecule has 1 aliphatic carbocycles. The maximum Gasteiger partial charge on any atom is 0.153 e. The van der Waals surface area contributed by atoms with Crippen molar-refractivity contribution in [3.05, 3.63) is 0 Å². The van der Waals surface area contributed by atoms with E-state index in [-0.39, 0.29) is 5.84 Å². The highest BCUT2D eigenvalue weighted by atomic mass is 16.4. The van der Waals surface area contributed by atoms with Crippen molar-refractivity contribution >= 4 is 5.84 Å². The largest absolute Gasteiger partial charge is 0.409 e. The van der Waals surface area contributed by atoms with Crippen LogP contribution in [0.2, 0.25) is 0 Å². The van der Waals surface area contributed by atoms with Gasteiger partial charge in [0.1, 0.15) is 0 Å². The maximum absolute atomic E-state index is 8.24. The van der Waals surface area contributed by atoms with Crippen molar-refractivity contribution in [1.82, 2.24) is 5.32 Å². The Bertz CT molecular complexity index is 189. The summed E-state index contributed by atoms with van der Waals surface area (Å²) in [6.07, 6.45) is 1.27. The van der Waals surface area contributed by atoms with E-state index in [1.807, 2.05) is 0 Å². The van der Waals surface area contributed by atoms with Crippen LogP contribution in [-0.4, -0.2) is 24.1 Å². The fourth-order valence-corrected chi connectivity index (χ4v) is 1.33. The monoisotopic (exact) mass is 171 g/mol. The second kappa shape index (κ2) is 3.31. The lowest BCUT2D eigenvalue weighted by atomic mass is 10.1. The first-order valence-corrected chi connectivity index (χ1v) is 4.23. The summed E-state index contributed by atoms with van der Waals surface area (Å²) in [6, 6.07) is 0. The molecule has 0 aliphatic heterocycles. The zero-order valence-corrected chi connectivity index (χ0v) is 7.67. The number of oxime groups is 1. The van der Waals surface area contributed by atoms with E-state index in [1.54, 1.807) is 0 Å². The summed E-state index contributed by atoms with van der Waals surface area (Å²) in [6.45, 7) is 5.94. The molecule has 0 aromatic heterocycles. The summed E-state index contributed by atoms with van der Waals surface area (Å²) in [7, 11) is 0. The summed E-state index contributed by atoms with van der Waals surface area (Å²) in [4.78, 5) is 0. The third-order valence-electron chi connectivity index (χ3n) is 2.54. The molecular weight excluding hydrogens is 154 g/mol. The first-order valence-electron chi connectivity index (χ1n) is 4.23. The van der Waals surface area contributed by atoms with E-state index >= 15 is 0 Å². The molecule has 1 saturated carbocycles. The summed E-state index contributed by atoms with van der Waals surface area (Å²) >= 11 is 0. The van der Waals surface area contributed by atoms with Crippen LogP contribution in [0.1, 0.15) is 20.3 Å². The number of nitrogens with zero attached hydrogens (tertiary/aromatic N) is 1. The minimum Gasteiger partial charge on any atom is -0.409 e. The molecule has 0 spiro atoms. The highest BCUT2D eigenvalue weighted by molar-refractivity contribution is 5.81. The number of rotatable bonds is 4. The molecule has 0 amide bonds. The van der Waals surface area contributed by atoms with Crippen molar-refractivity contribution in [1.29, 1.82) is 0 Å². The standard InChI is InChI=1S/C8H17N3O/c1-8(2)3-6(8)4-10-5-7(9)11-12/h6,10,12H,3-5H2,1-2H3,(H2,9,11). The normalized spacial score (nSPS) is 27.2. The van der Waals surface area contributed by atoms with Crippen molar-refractivity contribution in [2.45, 2.75) is 20.3 Å². The van der Waals surface area contributed by atoms with Gasteiger partial charge < -0.3 is 16.3 Å². The van der Waals surface area contributed by atoms with Crippen LogP contribution in [0, 0.1) is 11.3 Å². The lowest BCUT2D eigenvalue weighted by Gasteiger charge is -2.04. The van der Waals surface area contributed by atoms with Gasteiger partial charge >= 0.3 is 0 Å². The van der Waals surface area contributed by atoms with Gasteiger partial charge in [-0.25, -0.2) is 0 Å². The van der Waals surface area contributed by atoms with E-state index in [4.69, 9.17) is 10.9 Å². The molecule has 1 unspecified atom stereocenters. The molecule has 0 radical (unpaired) electrons. The molecule has 12 heavy (non-hydrogen) atoms. The van der Waals surface area contributed by atoms with Crippen LogP contribution in [-0.2, 0) is 0 Å². The Kier molecular flexibility index (Phi) is 2.57. The van der Waals surface area contributed by atoms with Crippen molar-refractivity contribution in [3.63, 3.8) is 0 Å². The predicted octanol–water partition coefficient (Wildman–Crippen LogP) is 0.368. The van der Waals surface area contributed by atoms with E-state index < -0.39 is 0 Å². The average molecular weight is 171 g/mol. The summed E-state index contributed by atoms with van der Waals surface area (Å²) in [5.74, 6) is 0.998. The molecule has 0 saturated heterocycles. The lowest BCUT2D eigenvalue weighted by Crippen LogP contribution is -2.30. The summed E-state index contributed by atoms with van der Waals surface area (Å²) in [5.41, 5.74) is 5.78. The zero-order valence-electron chi connectivity index (χ0n) is 7.67. The van der Waals surface area contributed by atoms with E-state index in [0.717, 1.165) is 12.5 Å². The molecule has 0 bridgehead atoms. The van der Waals surface area contributed by atoms with Gasteiger partial charge in [0.15, 0.2) is 5.84 Å². The lowest BCUT2D eigenvalue weighted by molar-refractivity contribution is 0.317. The highest BCUT2D eigenvalue weighted by Crippen LogP contribution is 2.50. The van der Waals surface area contributed by atoms with Crippen LogP contribution in [0.3, 0.4) is 0 Å². The van der Waals surface area contributed by atoms with Gasteiger partial charge in [0.25, 0.3) is 0 Å². The van der Waals surface area contributed by atoms with Gasteiger partial charge in [0, 0.05) is 0 Å². The maximum atomic E-state index is 8.24. The quantitative estimate of drug-likeness (QED) is 0.248. The van der Waals surface area contributed by atoms with Gasteiger partial charge in [-0.1, -0.05) is 19.0 Å². The number of hydrogen-bond acceptors (Lipinski definition) is 3. The Morgan fingerprint density at radius 1 is 1.75 bits per heavy atom. The van der Waals surface area contributed by atoms with Gasteiger partial charge in [0.05, 0.1) is 6.54 Å². The Balaban J connectivity index is 2.05. The first kappa shape index (κ1) is 9.32. The van der Waals surface area contributed by atoms with Gasteiger partial charge in [-0.05, 0) is 24.3 Å². The molecule has 1 fully saturated rings. The van der Waals surface area contributed by atoms with Crippen molar-refractivity contribution in [2.75, 3.05) is 13.1 Å². The molecule has 70 valence electrons. The highest BCUT2D eigenvalue weighted by Gasteiger charge is 2.44. The van der Waals surface area contributed by atoms with Crippen LogP contribution < -0.4 is 11.1 Å². The molecule has 4 nitrogen and oxygen atoms in total. The van der Waals surface area contributed by atoms with E-state index in [9.17, 15) is 0 Å². The third kappa shape index (κ3) is 2.37. The molecule has 1 aliphatic rings. The number of amidine groups is 1. The SMILES string of the molecule is CC1(C)CC1CNCC(N)=NO. The average Bonchev–Trinajstić information content (AvgIpc) is 2.59. The van der Waals surface area contributed by atoms with E-state index in [1.165, 1.54) is 6.42 Å². The second-order valence-electron chi connectivity index (χ2n) is 4.11. The Morgan fingerprint density at radius 2 is 2.33 bits per heavy atom. The Morgan fingerprint density at radius 3 is 2.75 bits per heavy atom. The Hall–Kier alpha value is -0.770. The van der Waals surface area contributed by atoms with Crippen LogP contribution in [0.25, 0.3) is 0 Å². The van der Waals surface area contributed by atoms with Crippen molar-refractivity contribution < 1.29 is 5.21 Å². The fourth-order valence-electron chi connectivity index (χ4n) is 1.33. The van der Waals surface area contributed by atoms with Crippen LogP contribution in [0.4, 0.5) is 0 Å². The van der Waals surface area contributed by atoms with Crippen molar-refractivity contribution in [3.8, 4) is 0 Å². The van der Waals surface area contributed by atoms with Crippen LogP contribution >= 0.6 is 0 Å². The zero-order chi connectivity index (χ0) is 9.19.